The van der Waals surface area contributed by atoms with Crippen LogP contribution in [0.15, 0.2) is 10.4 Å². The SMILES string of the molecule is CCCC(C)NC(=O)CSc1cnc(N)s1. The van der Waals surface area contributed by atoms with Crippen LogP contribution in [0.5, 0.6) is 0 Å². The molecular formula is C10H17N3OS2. The largest absolute Gasteiger partial charge is 0.375 e. The molecule has 16 heavy (non-hydrogen) atoms. The lowest BCUT2D eigenvalue weighted by Crippen LogP contribution is -2.33. The van der Waals surface area contributed by atoms with Gasteiger partial charge in [0.15, 0.2) is 5.13 Å². The zero-order valence-electron chi connectivity index (χ0n) is 9.53. The second-order valence-corrected chi connectivity index (χ2v) is 5.90. The van der Waals surface area contributed by atoms with E-state index in [1.165, 1.54) is 23.1 Å². The summed E-state index contributed by atoms with van der Waals surface area (Å²) < 4.78 is 0.982. The van der Waals surface area contributed by atoms with Gasteiger partial charge in [0.05, 0.1) is 16.2 Å². The summed E-state index contributed by atoms with van der Waals surface area (Å²) in [7, 11) is 0. The third-order valence-corrected chi connectivity index (χ3v) is 4.00. The first-order chi connectivity index (χ1) is 7.61. The van der Waals surface area contributed by atoms with Crippen molar-refractivity contribution in [2.24, 2.45) is 0 Å². The molecule has 0 bridgehead atoms. The molecule has 3 N–H and O–H groups in total. The Hall–Kier alpha value is -0.750. The molecule has 0 radical (unpaired) electrons. The number of nitrogens with one attached hydrogen (secondary N) is 1. The first-order valence-electron chi connectivity index (χ1n) is 5.25. The minimum Gasteiger partial charge on any atom is -0.375 e. The van der Waals surface area contributed by atoms with Crippen LogP contribution in [0.25, 0.3) is 0 Å². The van der Waals surface area contributed by atoms with Crippen molar-refractivity contribution in [3.05, 3.63) is 6.20 Å². The van der Waals surface area contributed by atoms with Crippen molar-refractivity contribution in [2.75, 3.05) is 11.5 Å². The van der Waals surface area contributed by atoms with E-state index in [9.17, 15) is 4.79 Å². The Morgan fingerprint density at radius 1 is 1.75 bits per heavy atom. The summed E-state index contributed by atoms with van der Waals surface area (Å²) in [5.41, 5.74) is 5.50. The lowest BCUT2D eigenvalue weighted by Gasteiger charge is -2.11. The number of hydrogen-bond donors (Lipinski definition) is 2. The zero-order valence-corrected chi connectivity index (χ0v) is 11.2. The number of rotatable bonds is 6. The van der Waals surface area contributed by atoms with E-state index in [4.69, 9.17) is 5.73 Å². The van der Waals surface area contributed by atoms with Gasteiger partial charge in [0.1, 0.15) is 0 Å². The van der Waals surface area contributed by atoms with E-state index >= 15 is 0 Å². The highest BCUT2D eigenvalue weighted by Gasteiger charge is 2.08. The van der Waals surface area contributed by atoms with Gasteiger partial charge in [0.2, 0.25) is 5.91 Å². The van der Waals surface area contributed by atoms with Gasteiger partial charge in [0.25, 0.3) is 0 Å². The van der Waals surface area contributed by atoms with Crippen LogP contribution in [0.4, 0.5) is 5.13 Å². The predicted octanol–water partition coefficient (Wildman–Crippen LogP) is 2.12. The number of anilines is 1. The fourth-order valence-electron chi connectivity index (χ4n) is 1.30. The number of thioether (sulfide) groups is 1. The minimum atomic E-state index is 0.0675. The number of amides is 1. The molecule has 0 fully saturated rings. The molecule has 1 aromatic rings. The van der Waals surface area contributed by atoms with E-state index in [0.29, 0.717) is 10.9 Å². The number of carbonyl (C=O) groups excluding carboxylic acids is 1. The van der Waals surface area contributed by atoms with Crippen LogP contribution in [0.1, 0.15) is 26.7 Å². The number of nitrogens with zero attached hydrogens (tertiary/aromatic N) is 1. The van der Waals surface area contributed by atoms with Crippen LogP contribution in [0, 0.1) is 0 Å². The van der Waals surface area contributed by atoms with Crippen molar-refractivity contribution >= 4 is 34.1 Å². The molecule has 0 aliphatic heterocycles. The maximum atomic E-state index is 11.5. The molecule has 0 aromatic carbocycles. The van der Waals surface area contributed by atoms with Gasteiger partial charge in [-0.3, -0.25) is 4.79 Å². The summed E-state index contributed by atoms with van der Waals surface area (Å²) in [4.78, 5) is 15.5. The standard InChI is InChI=1S/C10H17N3OS2/c1-3-4-7(2)13-8(14)6-15-9-5-12-10(11)16-9/h5,7H,3-4,6H2,1-2H3,(H2,11,12)(H,13,14). The van der Waals surface area contributed by atoms with Gasteiger partial charge >= 0.3 is 0 Å². The number of hydrogen-bond acceptors (Lipinski definition) is 5. The Morgan fingerprint density at radius 2 is 2.50 bits per heavy atom. The van der Waals surface area contributed by atoms with Crippen LogP contribution in [-0.4, -0.2) is 22.7 Å². The lowest BCUT2D eigenvalue weighted by atomic mass is 10.2. The lowest BCUT2D eigenvalue weighted by molar-refractivity contribution is -0.119. The average molecular weight is 259 g/mol. The van der Waals surface area contributed by atoms with Gasteiger partial charge < -0.3 is 11.1 Å². The van der Waals surface area contributed by atoms with Gasteiger partial charge in [-0.05, 0) is 13.3 Å². The molecule has 4 nitrogen and oxygen atoms in total. The van der Waals surface area contributed by atoms with E-state index in [-0.39, 0.29) is 11.9 Å². The number of carbonyl (C=O) groups is 1. The Balaban J connectivity index is 2.25. The molecular weight excluding hydrogens is 242 g/mol. The van der Waals surface area contributed by atoms with E-state index in [1.807, 2.05) is 6.92 Å². The molecule has 0 saturated heterocycles. The Bertz CT molecular complexity index is 341. The van der Waals surface area contributed by atoms with Gasteiger partial charge in [-0.1, -0.05) is 24.7 Å². The summed E-state index contributed by atoms with van der Waals surface area (Å²) in [6, 6.07) is 0.254. The van der Waals surface area contributed by atoms with Crippen LogP contribution in [-0.2, 0) is 4.79 Å². The Kier molecular flexibility index (Phi) is 5.62. The summed E-state index contributed by atoms with van der Waals surface area (Å²) in [5.74, 6) is 0.494. The van der Waals surface area contributed by atoms with E-state index in [1.54, 1.807) is 6.20 Å². The monoisotopic (exact) mass is 259 g/mol. The molecule has 0 saturated carbocycles. The third-order valence-electron chi connectivity index (χ3n) is 1.98. The van der Waals surface area contributed by atoms with Crippen LogP contribution in [0.3, 0.4) is 0 Å². The van der Waals surface area contributed by atoms with E-state index in [0.717, 1.165) is 17.1 Å². The summed E-state index contributed by atoms with van der Waals surface area (Å²) >= 11 is 2.88. The van der Waals surface area contributed by atoms with Crippen LogP contribution >= 0.6 is 23.1 Å². The fraction of sp³-hybridized carbons (Fsp3) is 0.600. The highest BCUT2D eigenvalue weighted by molar-refractivity contribution is 8.01. The highest BCUT2D eigenvalue weighted by atomic mass is 32.2. The van der Waals surface area contributed by atoms with Gasteiger partial charge in [-0.2, -0.15) is 0 Å². The van der Waals surface area contributed by atoms with Crippen LogP contribution in [0.2, 0.25) is 0 Å². The molecule has 1 unspecified atom stereocenters. The molecule has 1 heterocycles. The molecule has 6 heteroatoms. The molecule has 90 valence electrons. The third kappa shape index (κ3) is 4.85. The van der Waals surface area contributed by atoms with Crippen molar-refractivity contribution in [1.29, 1.82) is 0 Å². The molecule has 0 spiro atoms. The number of aromatic nitrogens is 1. The molecule has 0 aliphatic carbocycles. The summed E-state index contributed by atoms with van der Waals surface area (Å²) in [5, 5.41) is 3.49. The van der Waals surface area contributed by atoms with Crippen molar-refractivity contribution in [1.82, 2.24) is 10.3 Å². The molecule has 1 rings (SSSR count). The predicted molar refractivity (Wildman–Crippen MR) is 69.8 cm³/mol. The number of nitrogens with two attached hydrogens (primary N) is 1. The first-order valence-corrected chi connectivity index (χ1v) is 7.05. The van der Waals surface area contributed by atoms with Gasteiger partial charge in [0, 0.05) is 6.04 Å². The smallest absolute Gasteiger partial charge is 0.230 e. The fourth-order valence-corrected chi connectivity index (χ4v) is 2.87. The summed E-state index contributed by atoms with van der Waals surface area (Å²) in [6.07, 6.45) is 3.80. The molecule has 1 atom stereocenters. The van der Waals surface area contributed by atoms with E-state index in [2.05, 4.69) is 17.2 Å². The molecule has 0 aliphatic rings. The van der Waals surface area contributed by atoms with E-state index < -0.39 is 0 Å². The van der Waals surface area contributed by atoms with Crippen molar-refractivity contribution in [2.45, 2.75) is 36.9 Å². The van der Waals surface area contributed by atoms with Crippen molar-refractivity contribution in [3.63, 3.8) is 0 Å². The zero-order chi connectivity index (χ0) is 12.0. The molecule has 1 amide bonds. The summed E-state index contributed by atoms with van der Waals surface area (Å²) in [6.45, 7) is 4.13. The maximum absolute atomic E-state index is 11.5. The Labute approximate surface area is 104 Å². The maximum Gasteiger partial charge on any atom is 0.230 e. The number of nitrogen functional groups attached to an aromatic ring is 1. The van der Waals surface area contributed by atoms with Gasteiger partial charge in [-0.15, -0.1) is 11.8 Å². The minimum absolute atomic E-state index is 0.0675. The highest BCUT2D eigenvalue weighted by Crippen LogP contribution is 2.25. The quantitative estimate of drug-likeness (QED) is 0.768. The van der Waals surface area contributed by atoms with Crippen molar-refractivity contribution in [3.8, 4) is 0 Å². The van der Waals surface area contributed by atoms with Crippen molar-refractivity contribution < 1.29 is 4.79 Å². The topological polar surface area (TPSA) is 68.0 Å². The molecule has 1 aromatic heterocycles. The normalized spacial score (nSPS) is 12.4. The first kappa shape index (κ1) is 13.3. The second kappa shape index (κ2) is 6.75. The second-order valence-electron chi connectivity index (χ2n) is 3.56. The average Bonchev–Trinajstić information content (AvgIpc) is 2.61. The number of thiazole rings is 1. The van der Waals surface area contributed by atoms with Gasteiger partial charge in [-0.25, -0.2) is 4.98 Å². The van der Waals surface area contributed by atoms with Crippen LogP contribution < -0.4 is 11.1 Å². The Morgan fingerprint density at radius 3 is 3.06 bits per heavy atom.